The van der Waals surface area contributed by atoms with Gasteiger partial charge < -0.3 is 29.6 Å². The molecule has 1 aromatic heterocycles. The zero-order valence-corrected chi connectivity index (χ0v) is 23.8. The maximum Gasteiger partial charge on any atom is 0.231 e. The number of methoxy groups -OCH3 is 1. The van der Waals surface area contributed by atoms with E-state index in [4.69, 9.17) is 14.1 Å². The van der Waals surface area contributed by atoms with Crippen LogP contribution in [0.15, 0.2) is 52.9 Å². The van der Waals surface area contributed by atoms with Gasteiger partial charge in [-0.3, -0.25) is 4.79 Å². The van der Waals surface area contributed by atoms with E-state index in [0.717, 1.165) is 54.3 Å². The van der Waals surface area contributed by atoms with E-state index >= 15 is 0 Å². The molecule has 41 heavy (non-hydrogen) atoms. The van der Waals surface area contributed by atoms with Crippen molar-refractivity contribution in [2.24, 2.45) is 5.92 Å². The van der Waals surface area contributed by atoms with E-state index in [2.05, 4.69) is 11.4 Å². The van der Waals surface area contributed by atoms with Crippen LogP contribution < -0.4 is 15.0 Å². The molecule has 3 aliphatic rings. The lowest BCUT2D eigenvalue weighted by Gasteiger charge is -2.36. The molecule has 2 atom stereocenters. The third-order valence-electron chi connectivity index (χ3n) is 8.33. The summed E-state index contributed by atoms with van der Waals surface area (Å²) in [5.41, 5.74) is 2.49. The Hall–Kier alpha value is -3.52. The normalized spacial score (nSPS) is 22.9. The number of aromatic nitrogens is 1. The lowest BCUT2D eigenvalue weighted by Crippen LogP contribution is -2.46. The Labute approximate surface area is 243 Å². The smallest absolute Gasteiger partial charge is 0.231 e. The third kappa shape index (κ3) is 5.80. The quantitative estimate of drug-likeness (QED) is 0.345. The second-order valence-electron chi connectivity index (χ2n) is 11.2. The van der Waals surface area contributed by atoms with Gasteiger partial charge in [-0.2, -0.15) is 5.26 Å². The van der Waals surface area contributed by atoms with Crippen molar-refractivity contribution in [1.29, 1.82) is 5.26 Å². The second kappa shape index (κ2) is 11.0. The molecule has 3 aromatic rings. The number of benzene rings is 2. The molecule has 2 aromatic carbocycles. The molecule has 0 spiro atoms. The molecule has 2 unspecified atom stereocenters. The van der Waals surface area contributed by atoms with Crippen LogP contribution in [0.3, 0.4) is 0 Å². The molecule has 214 valence electrons. The Morgan fingerprint density at radius 1 is 1.17 bits per heavy atom. The van der Waals surface area contributed by atoms with Gasteiger partial charge in [0.15, 0.2) is 0 Å². The fraction of sp³-hybridized carbons (Fsp3) is 0.452. The van der Waals surface area contributed by atoms with Crippen molar-refractivity contribution < 1.29 is 24.2 Å². The summed E-state index contributed by atoms with van der Waals surface area (Å²) >= 11 is 1.14. The lowest BCUT2D eigenvalue weighted by atomic mass is 9.76. The first kappa shape index (κ1) is 27.6. The number of β-amino-alcohol motifs (C(OH)–C–C–N with tert-alkyl or cyclic N) is 2. The van der Waals surface area contributed by atoms with E-state index in [1.807, 2.05) is 53.4 Å². The number of aliphatic hydroxyl groups is 2. The SMILES string of the molecule is COc1cccc(-c2nc(-c3ccc(N4CCSC(O)(O)C4)cc3)c(C3CCCCC3C(=O)NC3(C#N)CC3)o2)c1. The van der Waals surface area contributed by atoms with Crippen molar-refractivity contribution in [2.75, 3.05) is 30.9 Å². The summed E-state index contributed by atoms with van der Waals surface area (Å²) in [6.07, 6.45) is 4.81. The standard InChI is InChI=1S/C31H34N4O5S/c1-39-23-6-4-5-21(17-23)29-33-26(20-9-11-22(12-10-20)35-15-16-41-31(37,38)19-35)27(40-29)24-7-2-3-8-25(24)28(36)34-30(18-32)13-14-30/h4-6,9-12,17,24-25,37-38H,2-3,7-8,13-16,19H2,1H3,(H,34,36). The number of nitrogens with zero attached hydrogens (tertiary/aromatic N) is 3. The molecule has 2 heterocycles. The number of thioether (sulfide) groups is 1. The van der Waals surface area contributed by atoms with Crippen LogP contribution >= 0.6 is 11.8 Å². The van der Waals surface area contributed by atoms with Gasteiger partial charge in [-0.15, -0.1) is 0 Å². The highest BCUT2D eigenvalue weighted by molar-refractivity contribution is 8.00. The first-order valence-electron chi connectivity index (χ1n) is 14.1. The molecule has 1 aliphatic heterocycles. The monoisotopic (exact) mass is 574 g/mol. The minimum atomic E-state index is -1.77. The minimum absolute atomic E-state index is 0.0890. The molecule has 3 N–H and O–H groups in total. The van der Waals surface area contributed by atoms with E-state index in [0.29, 0.717) is 48.2 Å². The number of oxazole rings is 1. The van der Waals surface area contributed by atoms with Gasteiger partial charge in [-0.25, -0.2) is 4.98 Å². The first-order valence-corrected chi connectivity index (χ1v) is 15.1. The van der Waals surface area contributed by atoms with E-state index in [-0.39, 0.29) is 24.3 Å². The van der Waals surface area contributed by atoms with E-state index < -0.39 is 10.7 Å². The van der Waals surface area contributed by atoms with Gasteiger partial charge in [0.25, 0.3) is 0 Å². The minimum Gasteiger partial charge on any atom is -0.497 e. The van der Waals surface area contributed by atoms with Gasteiger partial charge in [-0.1, -0.05) is 42.8 Å². The van der Waals surface area contributed by atoms with Crippen LogP contribution in [0, 0.1) is 17.2 Å². The number of hydrogen-bond acceptors (Lipinski definition) is 9. The van der Waals surface area contributed by atoms with Gasteiger partial charge in [0.1, 0.15) is 22.7 Å². The summed E-state index contributed by atoms with van der Waals surface area (Å²) in [6, 6.07) is 17.7. The Morgan fingerprint density at radius 3 is 2.66 bits per heavy atom. The predicted molar refractivity (Wildman–Crippen MR) is 156 cm³/mol. The molecule has 10 heteroatoms. The fourth-order valence-corrected chi connectivity index (χ4v) is 6.78. The van der Waals surface area contributed by atoms with Crippen LogP contribution in [0.1, 0.15) is 50.2 Å². The molecular formula is C31H34N4O5S. The Bertz CT molecular complexity index is 1460. The number of nitrogens with one attached hydrogen (secondary N) is 1. The van der Waals surface area contributed by atoms with Crippen molar-refractivity contribution in [1.82, 2.24) is 10.3 Å². The number of ether oxygens (including phenoxy) is 1. The fourth-order valence-electron chi connectivity index (χ4n) is 5.89. The average molecular weight is 575 g/mol. The maximum atomic E-state index is 13.5. The summed E-state index contributed by atoms with van der Waals surface area (Å²) in [5, 5.41) is 31.1. The summed E-state index contributed by atoms with van der Waals surface area (Å²) < 4.78 is 12.0. The van der Waals surface area contributed by atoms with Gasteiger partial charge in [0, 0.05) is 40.9 Å². The largest absolute Gasteiger partial charge is 0.497 e. The van der Waals surface area contributed by atoms with Crippen LogP contribution in [0.4, 0.5) is 5.69 Å². The molecule has 9 nitrogen and oxygen atoms in total. The highest BCUT2D eigenvalue weighted by Gasteiger charge is 2.47. The molecule has 6 rings (SSSR count). The van der Waals surface area contributed by atoms with Crippen molar-refractivity contribution >= 4 is 23.4 Å². The molecule has 2 aliphatic carbocycles. The van der Waals surface area contributed by atoms with Crippen LogP contribution in [0.5, 0.6) is 5.75 Å². The van der Waals surface area contributed by atoms with Crippen molar-refractivity contribution in [3.63, 3.8) is 0 Å². The Kier molecular flexibility index (Phi) is 7.45. The molecule has 3 fully saturated rings. The number of amides is 1. The number of anilines is 1. The van der Waals surface area contributed by atoms with Crippen LogP contribution in [-0.4, -0.2) is 57.7 Å². The van der Waals surface area contributed by atoms with Gasteiger partial charge in [0.2, 0.25) is 16.9 Å². The molecule has 0 radical (unpaired) electrons. The second-order valence-corrected chi connectivity index (χ2v) is 12.6. The molecule has 0 bridgehead atoms. The number of carbonyl (C=O) groups is 1. The highest BCUT2D eigenvalue weighted by atomic mass is 32.2. The summed E-state index contributed by atoms with van der Waals surface area (Å²) in [6.45, 7) is 0.834. The summed E-state index contributed by atoms with van der Waals surface area (Å²) in [5.74, 6) is 1.86. The number of hydrogen-bond donors (Lipinski definition) is 3. The zero-order chi connectivity index (χ0) is 28.6. The highest BCUT2D eigenvalue weighted by Crippen LogP contribution is 2.45. The first-order chi connectivity index (χ1) is 19.8. The van der Waals surface area contributed by atoms with Gasteiger partial charge in [-0.05, 0) is 56.0 Å². The van der Waals surface area contributed by atoms with E-state index in [1.165, 1.54) is 0 Å². The van der Waals surface area contributed by atoms with Crippen molar-refractivity contribution in [3.05, 3.63) is 54.3 Å². The predicted octanol–water partition coefficient (Wildman–Crippen LogP) is 4.65. The molecule has 1 saturated heterocycles. The van der Waals surface area contributed by atoms with E-state index in [9.17, 15) is 20.3 Å². The van der Waals surface area contributed by atoms with Gasteiger partial charge >= 0.3 is 0 Å². The molecular weight excluding hydrogens is 540 g/mol. The zero-order valence-electron chi connectivity index (χ0n) is 23.0. The number of carbonyl (C=O) groups excluding carboxylic acids is 1. The Morgan fingerprint density at radius 2 is 1.95 bits per heavy atom. The number of nitriles is 1. The average Bonchev–Trinajstić information content (AvgIpc) is 3.63. The summed E-state index contributed by atoms with van der Waals surface area (Å²) in [4.78, 5) is 20.4. The van der Waals surface area contributed by atoms with Crippen molar-refractivity contribution in [3.8, 4) is 34.5 Å². The number of rotatable bonds is 7. The maximum absolute atomic E-state index is 13.5. The van der Waals surface area contributed by atoms with E-state index in [1.54, 1.807) is 7.11 Å². The summed E-state index contributed by atoms with van der Waals surface area (Å²) in [7, 11) is 1.62. The van der Waals surface area contributed by atoms with Crippen molar-refractivity contribution in [2.45, 2.75) is 55.1 Å². The van der Waals surface area contributed by atoms with Gasteiger partial charge in [0.05, 0.1) is 19.7 Å². The van der Waals surface area contributed by atoms with Crippen LogP contribution in [0.25, 0.3) is 22.7 Å². The molecule has 2 saturated carbocycles. The Balaban J connectivity index is 1.37. The topological polar surface area (TPSA) is 132 Å². The van der Waals surface area contributed by atoms with Crippen LogP contribution in [0.2, 0.25) is 0 Å². The van der Waals surface area contributed by atoms with Crippen LogP contribution in [-0.2, 0) is 4.79 Å². The molecule has 1 amide bonds. The third-order valence-corrected chi connectivity index (χ3v) is 9.31. The lowest BCUT2D eigenvalue weighted by molar-refractivity contribution is -0.127.